The highest BCUT2D eigenvalue weighted by Gasteiger charge is 2.11. The Hall–Kier alpha value is -1.52. The SMILES string of the molecule is Cc1cc(Oc2cccc(Br)c2C(=N)N)ccc1Cl. The molecular formula is C14H12BrClN2O. The smallest absolute Gasteiger partial charge is 0.139 e. The Morgan fingerprint density at radius 3 is 2.68 bits per heavy atom. The van der Waals surface area contributed by atoms with E-state index >= 15 is 0 Å². The molecule has 0 aliphatic heterocycles. The van der Waals surface area contributed by atoms with Crippen LogP contribution in [0.3, 0.4) is 0 Å². The summed E-state index contributed by atoms with van der Waals surface area (Å²) in [6, 6.07) is 10.8. The molecule has 2 aromatic rings. The number of nitrogens with one attached hydrogen (secondary N) is 1. The second-order valence-electron chi connectivity index (χ2n) is 4.04. The van der Waals surface area contributed by atoms with Crippen LogP contribution in [0.1, 0.15) is 11.1 Å². The topological polar surface area (TPSA) is 59.1 Å². The van der Waals surface area contributed by atoms with E-state index in [9.17, 15) is 0 Å². The lowest BCUT2D eigenvalue weighted by Gasteiger charge is -2.12. The number of aryl methyl sites for hydroxylation is 1. The van der Waals surface area contributed by atoms with Crippen LogP contribution in [-0.4, -0.2) is 5.84 Å². The molecule has 19 heavy (non-hydrogen) atoms. The van der Waals surface area contributed by atoms with Gasteiger partial charge in [-0.3, -0.25) is 5.41 Å². The molecule has 0 amide bonds. The molecule has 0 saturated carbocycles. The molecule has 0 atom stereocenters. The molecule has 3 N–H and O–H groups in total. The number of rotatable bonds is 3. The lowest BCUT2D eigenvalue weighted by molar-refractivity contribution is 0.481. The molecule has 0 fully saturated rings. The van der Waals surface area contributed by atoms with E-state index in [2.05, 4.69) is 15.9 Å². The van der Waals surface area contributed by atoms with Crippen LogP contribution < -0.4 is 10.5 Å². The largest absolute Gasteiger partial charge is 0.457 e. The number of halogens is 2. The number of hydrogen-bond acceptors (Lipinski definition) is 2. The lowest BCUT2D eigenvalue weighted by Crippen LogP contribution is -2.13. The van der Waals surface area contributed by atoms with Crippen molar-refractivity contribution in [3.63, 3.8) is 0 Å². The van der Waals surface area contributed by atoms with Gasteiger partial charge in [-0.05, 0) is 58.7 Å². The first-order chi connectivity index (χ1) is 8.99. The van der Waals surface area contributed by atoms with E-state index in [-0.39, 0.29) is 5.84 Å². The molecule has 0 bridgehead atoms. The number of amidine groups is 1. The van der Waals surface area contributed by atoms with E-state index in [1.54, 1.807) is 18.2 Å². The van der Waals surface area contributed by atoms with Crippen molar-refractivity contribution >= 4 is 33.4 Å². The van der Waals surface area contributed by atoms with E-state index in [0.717, 1.165) is 10.0 Å². The predicted molar refractivity (Wildman–Crippen MR) is 81.4 cm³/mol. The van der Waals surface area contributed by atoms with Gasteiger partial charge in [0.2, 0.25) is 0 Å². The molecule has 98 valence electrons. The average molecular weight is 340 g/mol. The van der Waals surface area contributed by atoms with Crippen LogP contribution in [0.25, 0.3) is 0 Å². The highest BCUT2D eigenvalue weighted by molar-refractivity contribution is 9.10. The van der Waals surface area contributed by atoms with Crippen LogP contribution in [0.5, 0.6) is 11.5 Å². The van der Waals surface area contributed by atoms with Gasteiger partial charge in [0.1, 0.15) is 17.3 Å². The van der Waals surface area contributed by atoms with Gasteiger partial charge >= 0.3 is 0 Å². The Balaban J connectivity index is 2.40. The van der Waals surface area contributed by atoms with Crippen molar-refractivity contribution in [2.24, 2.45) is 5.73 Å². The third-order valence-corrected chi connectivity index (χ3v) is 3.69. The third-order valence-electron chi connectivity index (χ3n) is 2.60. The Kier molecular flexibility index (Phi) is 4.12. The fourth-order valence-electron chi connectivity index (χ4n) is 1.66. The van der Waals surface area contributed by atoms with Crippen LogP contribution in [0.15, 0.2) is 40.9 Å². The maximum absolute atomic E-state index is 7.61. The van der Waals surface area contributed by atoms with Crippen molar-refractivity contribution < 1.29 is 4.74 Å². The van der Waals surface area contributed by atoms with Gasteiger partial charge in [0.25, 0.3) is 0 Å². The highest BCUT2D eigenvalue weighted by Crippen LogP contribution is 2.31. The van der Waals surface area contributed by atoms with Crippen molar-refractivity contribution in [1.82, 2.24) is 0 Å². The zero-order chi connectivity index (χ0) is 14.0. The van der Waals surface area contributed by atoms with Crippen molar-refractivity contribution in [3.05, 3.63) is 57.0 Å². The minimum atomic E-state index is -0.0480. The first-order valence-corrected chi connectivity index (χ1v) is 6.73. The Morgan fingerprint density at radius 2 is 2.05 bits per heavy atom. The van der Waals surface area contributed by atoms with Crippen molar-refractivity contribution in [2.75, 3.05) is 0 Å². The van der Waals surface area contributed by atoms with E-state index in [1.165, 1.54) is 0 Å². The zero-order valence-corrected chi connectivity index (χ0v) is 12.5. The number of hydrogen-bond donors (Lipinski definition) is 2. The van der Waals surface area contributed by atoms with Crippen LogP contribution in [-0.2, 0) is 0 Å². The van der Waals surface area contributed by atoms with Gasteiger partial charge in [-0.25, -0.2) is 0 Å². The van der Waals surface area contributed by atoms with Gasteiger partial charge in [-0.2, -0.15) is 0 Å². The summed E-state index contributed by atoms with van der Waals surface area (Å²) in [7, 11) is 0. The van der Waals surface area contributed by atoms with E-state index < -0.39 is 0 Å². The maximum Gasteiger partial charge on any atom is 0.139 e. The van der Waals surface area contributed by atoms with Crippen molar-refractivity contribution in [1.29, 1.82) is 5.41 Å². The standard InChI is InChI=1S/C14H12BrClN2O/c1-8-7-9(5-6-11(8)16)19-12-4-2-3-10(15)13(12)14(17)18/h2-7H,1H3,(H3,17,18). The highest BCUT2D eigenvalue weighted by atomic mass is 79.9. The fraction of sp³-hybridized carbons (Fsp3) is 0.0714. The van der Waals surface area contributed by atoms with E-state index in [1.807, 2.05) is 25.1 Å². The summed E-state index contributed by atoms with van der Waals surface area (Å²) in [5.41, 5.74) is 7.04. The Labute approximate surface area is 125 Å². The summed E-state index contributed by atoms with van der Waals surface area (Å²) in [5, 5.41) is 8.29. The average Bonchev–Trinajstić information content (AvgIpc) is 2.33. The van der Waals surface area contributed by atoms with Crippen LogP contribution >= 0.6 is 27.5 Å². The Bertz CT molecular complexity index is 643. The van der Waals surface area contributed by atoms with Gasteiger partial charge in [-0.1, -0.05) is 17.7 Å². The summed E-state index contributed by atoms with van der Waals surface area (Å²) in [6.45, 7) is 1.90. The van der Waals surface area contributed by atoms with E-state index in [0.29, 0.717) is 22.1 Å². The molecule has 0 radical (unpaired) electrons. The second-order valence-corrected chi connectivity index (χ2v) is 5.30. The predicted octanol–water partition coefficient (Wildman–Crippen LogP) is 4.49. The summed E-state index contributed by atoms with van der Waals surface area (Å²) >= 11 is 9.34. The summed E-state index contributed by atoms with van der Waals surface area (Å²) < 4.78 is 6.50. The summed E-state index contributed by atoms with van der Waals surface area (Å²) in [6.07, 6.45) is 0. The maximum atomic E-state index is 7.61. The van der Waals surface area contributed by atoms with Crippen LogP contribution in [0.4, 0.5) is 0 Å². The molecule has 0 heterocycles. The quantitative estimate of drug-likeness (QED) is 0.639. The molecular weight excluding hydrogens is 328 g/mol. The summed E-state index contributed by atoms with van der Waals surface area (Å²) in [4.78, 5) is 0. The lowest BCUT2D eigenvalue weighted by atomic mass is 10.2. The van der Waals surface area contributed by atoms with Gasteiger partial charge in [-0.15, -0.1) is 0 Å². The number of nitrogen functional groups attached to an aromatic ring is 1. The number of nitrogens with two attached hydrogens (primary N) is 1. The van der Waals surface area contributed by atoms with Gasteiger partial charge in [0.15, 0.2) is 0 Å². The molecule has 0 aromatic heterocycles. The summed E-state index contributed by atoms with van der Waals surface area (Å²) in [5.74, 6) is 1.14. The molecule has 0 aliphatic carbocycles. The third kappa shape index (κ3) is 3.08. The van der Waals surface area contributed by atoms with Crippen LogP contribution in [0.2, 0.25) is 5.02 Å². The minimum Gasteiger partial charge on any atom is -0.457 e. The van der Waals surface area contributed by atoms with Gasteiger partial charge < -0.3 is 10.5 Å². The molecule has 0 saturated heterocycles. The first kappa shape index (κ1) is 13.9. The van der Waals surface area contributed by atoms with Crippen LogP contribution in [0, 0.1) is 12.3 Å². The number of benzene rings is 2. The minimum absolute atomic E-state index is 0.0480. The molecule has 2 rings (SSSR count). The molecule has 3 nitrogen and oxygen atoms in total. The molecule has 0 spiro atoms. The zero-order valence-electron chi connectivity index (χ0n) is 10.2. The van der Waals surface area contributed by atoms with Crippen molar-refractivity contribution in [3.8, 4) is 11.5 Å². The number of ether oxygens (including phenoxy) is 1. The monoisotopic (exact) mass is 338 g/mol. The van der Waals surface area contributed by atoms with Gasteiger partial charge in [0.05, 0.1) is 5.56 Å². The van der Waals surface area contributed by atoms with Gasteiger partial charge in [0, 0.05) is 9.50 Å². The Morgan fingerprint density at radius 1 is 1.32 bits per heavy atom. The first-order valence-electron chi connectivity index (χ1n) is 5.56. The molecule has 0 unspecified atom stereocenters. The van der Waals surface area contributed by atoms with E-state index in [4.69, 9.17) is 27.5 Å². The normalized spacial score (nSPS) is 10.3. The van der Waals surface area contributed by atoms with Crippen molar-refractivity contribution in [2.45, 2.75) is 6.92 Å². The fourth-order valence-corrected chi connectivity index (χ4v) is 2.34. The molecule has 0 aliphatic rings. The second kappa shape index (κ2) is 5.63. The molecule has 2 aromatic carbocycles. The molecule has 5 heteroatoms.